The highest BCUT2D eigenvalue weighted by atomic mass is 16.3. The molecule has 26 heavy (non-hydrogen) atoms. The number of hydrogen-bond acceptors (Lipinski definition) is 4. The number of rotatable bonds is 4. The third kappa shape index (κ3) is 3.21. The third-order valence-electron chi connectivity index (χ3n) is 4.21. The first-order valence-electron chi connectivity index (χ1n) is 8.45. The van der Waals surface area contributed by atoms with Crippen molar-refractivity contribution in [2.75, 3.05) is 16.8 Å². The van der Waals surface area contributed by atoms with E-state index in [9.17, 15) is 9.59 Å². The highest BCUT2D eigenvalue weighted by Crippen LogP contribution is 2.29. The zero-order valence-electron chi connectivity index (χ0n) is 14.0. The highest BCUT2D eigenvalue weighted by molar-refractivity contribution is 6.06. The minimum absolute atomic E-state index is 0.0775. The second-order valence-electron chi connectivity index (χ2n) is 6.01. The first-order chi connectivity index (χ1) is 12.7. The summed E-state index contributed by atoms with van der Waals surface area (Å²) in [5.41, 5.74) is 2.74. The number of para-hydroxylation sites is 4. The van der Waals surface area contributed by atoms with E-state index in [1.807, 2.05) is 42.5 Å². The van der Waals surface area contributed by atoms with E-state index in [0.717, 1.165) is 17.6 Å². The average Bonchev–Trinajstić information content (AvgIpc) is 3.26. The number of anilines is 2. The summed E-state index contributed by atoms with van der Waals surface area (Å²) in [7, 11) is 0. The van der Waals surface area contributed by atoms with E-state index in [0.29, 0.717) is 30.1 Å². The lowest BCUT2D eigenvalue weighted by Gasteiger charge is -2.19. The van der Waals surface area contributed by atoms with Crippen molar-refractivity contribution < 1.29 is 14.0 Å². The van der Waals surface area contributed by atoms with Crippen LogP contribution in [0, 0.1) is 0 Å². The molecular weight excluding hydrogens is 330 g/mol. The van der Waals surface area contributed by atoms with Gasteiger partial charge >= 0.3 is 0 Å². The summed E-state index contributed by atoms with van der Waals surface area (Å²) in [6.07, 6.45) is 4.27. The first-order valence-corrected chi connectivity index (χ1v) is 8.45. The maximum absolute atomic E-state index is 12.3. The molecule has 0 unspecified atom stereocenters. The van der Waals surface area contributed by atoms with Gasteiger partial charge in [0.25, 0.3) is 0 Å². The van der Waals surface area contributed by atoms with Crippen molar-refractivity contribution in [2.24, 2.45) is 0 Å². The molecule has 1 aliphatic heterocycles. The second kappa shape index (κ2) is 6.84. The number of amides is 2. The molecule has 6 heteroatoms. The summed E-state index contributed by atoms with van der Waals surface area (Å²) in [4.78, 5) is 30.3. The van der Waals surface area contributed by atoms with Crippen LogP contribution in [-0.4, -0.2) is 23.3 Å². The Morgan fingerprint density at radius 1 is 1.15 bits per heavy atom. The van der Waals surface area contributed by atoms with Crippen molar-refractivity contribution in [3.05, 3.63) is 60.5 Å². The number of hydrogen-bond donors (Lipinski definition) is 1. The Kier molecular flexibility index (Phi) is 4.23. The van der Waals surface area contributed by atoms with Gasteiger partial charge in [-0.15, -0.1) is 0 Å². The number of oxazole rings is 1. The predicted molar refractivity (Wildman–Crippen MR) is 99.7 cm³/mol. The number of nitrogens with zero attached hydrogens (tertiary/aromatic N) is 2. The van der Waals surface area contributed by atoms with Gasteiger partial charge in [-0.3, -0.25) is 9.59 Å². The van der Waals surface area contributed by atoms with E-state index in [2.05, 4.69) is 10.3 Å². The van der Waals surface area contributed by atoms with Crippen LogP contribution < -0.4 is 10.2 Å². The van der Waals surface area contributed by atoms with Crippen molar-refractivity contribution in [2.45, 2.75) is 12.8 Å². The fraction of sp³-hybridized carbons (Fsp3) is 0.150. The fourth-order valence-electron chi connectivity index (χ4n) is 3.00. The molecule has 0 aliphatic carbocycles. The molecule has 0 bridgehead atoms. The zero-order valence-corrected chi connectivity index (χ0v) is 14.0. The molecule has 6 nitrogen and oxygen atoms in total. The van der Waals surface area contributed by atoms with Crippen molar-refractivity contribution >= 4 is 40.4 Å². The highest BCUT2D eigenvalue weighted by Gasteiger charge is 2.23. The van der Waals surface area contributed by atoms with E-state index in [1.165, 1.54) is 12.2 Å². The number of nitrogens with one attached hydrogen (secondary N) is 1. The van der Waals surface area contributed by atoms with Crippen LogP contribution in [0.1, 0.15) is 18.7 Å². The Morgan fingerprint density at radius 3 is 2.77 bits per heavy atom. The molecule has 0 spiro atoms. The van der Waals surface area contributed by atoms with E-state index >= 15 is 0 Å². The van der Waals surface area contributed by atoms with E-state index in [-0.39, 0.29) is 11.8 Å². The van der Waals surface area contributed by atoms with Crippen LogP contribution >= 0.6 is 0 Å². The van der Waals surface area contributed by atoms with Crippen molar-refractivity contribution in [1.82, 2.24) is 4.98 Å². The Bertz CT molecular complexity index is 973. The molecule has 130 valence electrons. The number of fused-ring (bicyclic) bond motifs is 1. The molecule has 0 saturated carbocycles. The first kappa shape index (κ1) is 16.1. The lowest BCUT2D eigenvalue weighted by Crippen LogP contribution is -2.25. The number of aromatic nitrogens is 1. The molecule has 2 amide bonds. The summed E-state index contributed by atoms with van der Waals surface area (Å²) < 4.78 is 5.56. The maximum Gasteiger partial charge on any atom is 0.248 e. The largest absolute Gasteiger partial charge is 0.437 e. The van der Waals surface area contributed by atoms with Crippen LogP contribution in [0.25, 0.3) is 17.2 Å². The Morgan fingerprint density at radius 2 is 1.96 bits per heavy atom. The van der Waals surface area contributed by atoms with Crippen molar-refractivity contribution in [3.63, 3.8) is 0 Å². The summed E-state index contributed by atoms with van der Waals surface area (Å²) >= 11 is 0. The number of benzene rings is 2. The SMILES string of the molecule is O=C(/C=C/c1nc2ccccc2o1)Nc1ccccc1N1CCCC1=O. The van der Waals surface area contributed by atoms with Crippen LogP contribution in [0.5, 0.6) is 0 Å². The second-order valence-corrected chi connectivity index (χ2v) is 6.01. The van der Waals surface area contributed by atoms with Gasteiger partial charge in [-0.2, -0.15) is 0 Å². The molecule has 1 aromatic heterocycles. The maximum atomic E-state index is 12.3. The monoisotopic (exact) mass is 347 g/mol. The topological polar surface area (TPSA) is 75.4 Å². The molecule has 4 rings (SSSR count). The van der Waals surface area contributed by atoms with Gasteiger partial charge < -0.3 is 14.6 Å². The zero-order chi connectivity index (χ0) is 17.9. The van der Waals surface area contributed by atoms with Gasteiger partial charge in [0.2, 0.25) is 17.7 Å². The molecule has 1 saturated heterocycles. The van der Waals surface area contributed by atoms with Gasteiger partial charge in [0.1, 0.15) is 5.52 Å². The quantitative estimate of drug-likeness (QED) is 0.732. The summed E-state index contributed by atoms with van der Waals surface area (Å²) in [6, 6.07) is 14.7. The molecular formula is C20H17N3O3. The van der Waals surface area contributed by atoms with Crippen LogP contribution in [0.15, 0.2) is 59.0 Å². The molecule has 3 aromatic rings. The van der Waals surface area contributed by atoms with E-state index in [1.54, 1.807) is 11.0 Å². The fourth-order valence-corrected chi connectivity index (χ4v) is 3.00. The summed E-state index contributed by atoms with van der Waals surface area (Å²) in [6.45, 7) is 0.671. The van der Waals surface area contributed by atoms with E-state index in [4.69, 9.17) is 4.42 Å². The standard InChI is InChI=1S/C20H17N3O3/c24-18(11-12-19-22-15-7-2-4-9-17(15)26-19)21-14-6-1-3-8-16(14)23-13-5-10-20(23)25/h1-4,6-9,11-12H,5,10,13H2,(H,21,24)/b12-11+. The van der Waals surface area contributed by atoms with Gasteiger partial charge in [0.05, 0.1) is 11.4 Å². The van der Waals surface area contributed by atoms with Gasteiger partial charge in [-0.1, -0.05) is 24.3 Å². The average molecular weight is 347 g/mol. The van der Waals surface area contributed by atoms with Crippen LogP contribution in [0.4, 0.5) is 11.4 Å². The van der Waals surface area contributed by atoms with E-state index < -0.39 is 0 Å². The molecule has 0 radical (unpaired) electrons. The molecule has 1 fully saturated rings. The summed E-state index contributed by atoms with van der Waals surface area (Å²) in [5.74, 6) is 0.129. The number of carbonyl (C=O) groups excluding carboxylic acids is 2. The van der Waals surface area contributed by atoms with Gasteiger partial charge in [-0.25, -0.2) is 4.98 Å². The van der Waals surface area contributed by atoms with Gasteiger partial charge in [0, 0.05) is 25.1 Å². The molecule has 2 aromatic carbocycles. The molecule has 2 heterocycles. The van der Waals surface area contributed by atoms with Crippen LogP contribution in [0.3, 0.4) is 0 Å². The Hall–Kier alpha value is -3.41. The minimum Gasteiger partial charge on any atom is -0.437 e. The minimum atomic E-state index is -0.314. The number of carbonyl (C=O) groups is 2. The molecule has 1 aliphatic rings. The van der Waals surface area contributed by atoms with Crippen molar-refractivity contribution in [1.29, 1.82) is 0 Å². The van der Waals surface area contributed by atoms with Crippen molar-refractivity contribution in [3.8, 4) is 0 Å². The molecule has 0 atom stereocenters. The van der Waals surface area contributed by atoms with Gasteiger partial charge in [-0.05, 0) is 30.7 Å². The molecule has 1 N–H and O–H groups in total. The van der Waals surface area contributed by atoms with Crippen LogP contribution in [0.2, 0.25) is 0 Å². The van der Waals surface area contributed by atoms with Crippen LogP contribution in [-0.2, 0) is 9.59 Å². The summed E-state index contributed by atoms with van der Waals surface area (Å²) in [5, 5.41) is 2.82. The Labute approximate surface area is 150 Å². The predicted octanol–water partition coefficient (Wildman–Crippen LogP) is 3.61. The normalized spacial score (nSPS) is 14.5. The smallest absolute Gasteiger partial charge is 0.248 e. The third-order valence-corrected chi connectivity index (χ3v) is 4.21. The van der Waals surface area contributed by atoms with Gasteiger partial charge in [0.15, 0.2) is 5.58 Å². The Balaban J connectivity index is 1.50. The lowest BCUT2D eigenvalue weighted by molar-refractivity contribution is -0.117. The lowest BCUT2D eigenvalue weighted by atomic mass is 10.2.